The highest BCUT2D eigenvalue weighted by atomic mass is 32.2. The number of hydrogen-bond acceptors (Lipinski definition) is 4. The summed E-state index contributed by atoms with van der Waals surface area (Å²) in [6.45, 7) is 3.61. The molecule has 0 spiro atoms. The van der Waals surface area contributed by atoms with Crippen LogP contribution in [0, 0.1) is 6.92 Å². The minimum absolute atomic E-state index is 0.129. The minimum atomic E-state index is -0.180. The standard InChI is InChI=1S/C9H11NO2S/c1-6-3-4-8(12)9(10-6)13-7(2)5-11/h3-5,7,12H,1-2H3. The highest BCUT2D eigenvalue weighted by molar-refractivity contribution is 8.00. The number of aryl methyl sites for hydroxylation is 1. The molecule has 1 heterocycles. The van der Waals surface area contributed by atoms with Crippen molar-refractivity contribution in [3.63, 3.8) is 0 Å². The Bertz CT molecular complexity index is 314. The van der Waals surface area contributed by atoms with Crippen molar-refractivity contribution < 1.29 is 9.90 Å². The SMILES string of the molecule is Cc1ccc(O)c(SC(C)C=O)n1. The Hall–Kier alpha value is -1.03. The molecule has 0 aromatic carbocycles. The third-order valence-electron chi connectivity index (χ3n) is 1.47. The van der Waals surface area contributed by atoms with Gasteiger partial charge >= 0.3 is 0 Å². The predicted octanol–water partition coefficient (Wildman–Crippen LogP) is 1.78. The van der Waals surface area contributed by atoms with E-state index in [4.69, 9.17) is 0 Å². The van der Waals surface area contributed by atoms with Gasteiger partial charge in [-0.15, -0.1) is 0 Å². The monoisotopic (exact) mass is 197 g/mol. The van der Waals surface area contributed by atoms with Gasteiger partial charge in [0.15, 0.2) is 0 Å². The van der Waals surface area contributed by atoms with Crippen molar-refractivity contribution in [2.75, 3.05) is 0 Å². The van der Waals surface area contributed by atoms with E-state index in [1.807, 2.05) is 6.92 Å². The number of thioether (sulfide) groups is 1. The van der Waals surface area contributed by atoms with Gasteiger partial charge in [-0.05, 0) is 26.0 Å². The molecule has 1 atom stereocenters. The van der Waals surface area contributed by atoms with Crippen LogP contribution in [-0.2, 0) is 4.79 Å². The molecular weight excluding hydrogens is 186 g/mol. The van der Waals surface area contributed by atoms with Crippen molar-refractivity contribution in [3.05, 3.63) is 17.8 Å². The molecule has 0 aliphatic rings. The Morgan fingerprint density at radius 2 is 2.31 bits per heavy atom. The maximum atomic E-state index is 10.4. The number of carbonyl (C=O) groups is 1. The Balaban J connectivity index is 2.86. The van der Waals surface area contributed by atoms with E-state index < -0.39 is 0 Å². The molecule has 0 fully saturated rings. The molecule has 0 saturated carbocycles. The van der Waals surface area contributed by atoms with Gasteiger partial charge in [0.2, 0.25) is 0 Å². The highest BCUT2D eigenvalue weighted by Crippen LogP contribution is 2.28. The summed E-state index contributed by atoms with van der Waals surface area (Å²) in [5, 5.41) is 9.71. The maximum absolute atomic E-state index is 10.4. The van der Waals surface area contributed by atoms with Gasteiger partial charge in [0.25, 0.3) is 0 Å². The van der Waals surface area contributed by atoms with E-state index in [9.17, 15) is 9.90 Å². The Morgan fingerprint density at radius 3 is 2.92 bits per heavy atom. The zero-order valence-corrected chi connectivity index (χ0v) is 8.34. The van der Waals surface area contributed by atoms with E-state index in [1.54, 1.807) is 19.1 Å². The predicted molar refractivity (Wildman–Crippen MR) is 52.0 cm³/mol. The maximum Gasteiger partial charge on any atom is 0.147 e. The molecule has 0 aliphatic carbocycles. The number of aromatic nitrogens is 1. The lowest BCUT2D eigenvalue weighted by Crippen LogP contribution is -1.97. The summed E-state index contributed by atoms with van der Waals surface area (Å²) in [7, 11) is 0. The van der Waals surface area contributed by atoms with E-state index in [0.717, 1.165) is 12.0 Å². The summed E-state index contributed by atoms with van der Waals surface area (Å²) in [6, 6.07) is 3.31. The quantitative estimate of drug-likeness (QED) is 0.592. The molecule has 13 heavy (non-hydrogen) atoms. The molecule has 1 unspecified atom stereocenters. The molecule has 1 N–H and O–H groups in total. The lowest BCUT2D eigenvalue weighted by Gasteiger charge is -2.05. The first-order chi connectivity index (χ1) is 6.13. The smallest absolute Gasteiger partial charge is 0.147 e. The van der Waals surface area contributed by atoms with Crippen LogP contribution in [-0.4, -0.2) is 21.6 Å². The van der Waals surface area contributed by atoms with Crippen molar-refractivity contribution in [1.82, 2.24) is 4.98 Å². The van der Waals surface area contributed by atoms with Crippen LogP contribution in [0.5, 0.6) is 5.75 Å². The normalized spacial score (nSPS) is 12.5. The Morgan fingerprint density at radius 1 is 1.62 bits per heavy atom. The average molecular weight is 197 g/mol. The van der Waals surface area contributed by atoms with E-state index in [1.165, 1.54) is 11.8 Å². The molecule has 3 nitrogen and oxygen atoms in total. The number of aldehydes is 1. The fourth-order valence-electron chi connectivity index (χ4n) is 0.816. The summed E-state index contributed by atoms with van der Waals surface area (Å²) in [6.07, 6.45) is 0.827. The van der Waals surface area contributed by atoms with Crippen LogP contribution in [0.1, 0.15) is 12.6 Å². The summed E-state index contributed by atoms with van der Waals surface area (Å²) >= 11 is 1.26. The molecule has 0 radical (unpaired) electrons. The number of nitrogens with zero attached hydrogens (tertiary/aromatic N) is 1. The molecule has 0 aliphatic heterocycles. The molecule has 1 aromatic rings. The van der Waals surface area contributed by atoms with E-state index >= 15 is 0 Å². The second-order valence-corrected chi connectivity index (χ2v) is 4.10. The highest BCUT2D eigenvalue weighted by Gasteiger charge is 2.08. The lowest BCUT2D eigenvalue weighted by molar-refractivity contribution is -0.107. The Kier molecular flexibility index (Phi) is 3.31. The number of aromatic hydroxyl groups is 1. The van der Waals surface area contributed by atoms with Gasteiger partial charge in [-0.2, -0.15) is 0 Å². The summed E-state index contributed by atoms with van der Waals surface area (Å²) in [5.41, 5.74) is 0.832. The molecule has 1 rings (SSSR count). The van der Waals surface area contributed by atoms with Gasteiger partial charge in [-0.25, -0.2) is 4.98 Å². The largest absolute Gasteiger partial charge is 0.505 e. The van der Waals surface area contributed by atoms with Gasteiger partial charge in [0.05, 0.1) is 5.25 Å². The summed E-state index contributed by atoms with van der Waals surface area (Å²) < 4.78 is 0. The number of pyridine rings is 1. The van der Waals surface area contributed by atoms with Crippen molar-refractivity contribution in [3.8, 4) is 5.75 Å². The molecule has 4 heteroatoms. The molecule has 0 saturated heterocycles. The summed E-state index contributed by atoms with van der Waals surface area (Å²) in [5.74, 6) is 0.129. The first kappa shape index (κ1) is 10.1. The van der Waals surface area contributed by atoms with Crippen LogP contribution in [0.4, 0.5) is 0 Å². The van der Waals surface area contributed by atoms with Gasteiger partial charge < -0.3 is 9.90 Å². The van der Waals surface area contributed by atoms with E-state index in [-0.39, 0.29) is 11.0 Å². The number of hydrogen-bond donors (Lipinski definition) is 1. The second-order valence-electron chi connectivity index (χ2n) is 2.74. The molecule has 1 aromatic heterocycles. The van der Waals surface area contributed by atoms with Gasteiger partial charge in [0, 0.05) is 5.69 Å². The van der Waals surface area contributed by atoms with E-state index in [0.29, 0.717) is 5.03 Å². The fourth-order valence-corrected chi connectivity index (χ4v) is 1.61. The first-order valence-corrected chi connectivity index (χ1v) is 4.80. The topological polar surface area (TPSA) is 50.2 Å². The summed E-state index contributed by atoms with van der Waals surface area (Å²) in [4.78, 5) is 14.5. The van der Waals surface area contributed by atoms with Crippen LogP contribution in [0.15, 0.2) is 17.2 Å². The van der Waals surface area contributed by atoms with Crippen LogP contribution >= 0.6 is 11.8 Å². The van der Waals surface area contributed by atoms with Crippen molar-refractivity contribution in [2.24, 2.45) is 0 Å². The second kappa shape index (κ2) is 4.28. The van der Waals surface area contributed by atoms with Crippen LogP contribution in [0.2, 0.25) is 0 Å². The third kappa shape index (κ3) is 2.73. The average Bonchev–Trinajstić information content (AvgIpc) is 2.11. The molecule has 0 amide bonds. The van der Waals surface area contributed by atoms with Gasteiger partial charge in [-0.1, -0.05) is 11.8 Å². The molecule has 70 valence electrons. The lowest BCUT2D eigenvalue weighted by atomic mass is 10.4. The minimum Gasteiger partial charge on any atom is -0.505 e. The first-order valence-electron chi connectivity index (χ1n) is 3.92. The zero-order valence-electron chi connectivity index (χ0n) is 7.52. The van der Waals surface area contributed by atoms with Crippen LogP contribution in [0.3, 0.4) is 0 Å². The van der Waals surface area contributed by atoms with Crippen LogP contribution in [0.25, 0.3) is 0 Å². The van der Waals surface area contributed by atoms with Gasteiger partial charge in [0.1, 0.15) is 17.1 Å². The Labute approximate surface area is 81.2 Å². The number of rotatable bonds is 3. The van der Waals surface area contributed by atoms with Crippen LogP contribution < -0.4 is 0 Å². The zero-order chi connectivity index (χ0) is 9.84. The number of carbonyl (C=O) groups excluding carboxylic acids is 1. The third-order valence-corrected chi connectivity index (χ3v) is 2.48. The molecule has 0 bridgehead atoms. The van der Waals surface area contributed by atoms with Crippen molar-refractivity contribution >= 4 is 18.0 Å². The van der Waals surface area contributed by atoms with Gasteiger partial charge in [-0.3, -0.25) is 0 Å². The molecular formula is C9H11NO2S. The fraction of sp³-hybridized carbons (Fsp3) is 0.333. The van der Waals surface area contributed by atoms with Crippen molar-refractivity contribution in [1.29, 1.82) is 0 Å². The van der Waals surface area contributed by atoms with Crippen molar-refractivity contribution in [2.45, 2.75) is 24.1 Å². The van der Waals surface area contributed by atoms with E-state index in [2.05, 4.69) is 4.98 Å².